The standard InChI is InChI=1S/C16H23NO3/c1-4-10-17-14-9-8-13-12(14)6-5-7-15(13)20-11(2)16(18)19-3/h5-7,11,14,17H,4,8-10H2,1-3H3. The lowest BCUT2D eigenvalue weighted by Gasteiger charge is -2.17. The first kappa shape index (κ1) is 14.9. The van der Waals surface area contributed by atoms with Gasteiger partial charge in [-0.15, -0.1) is 0 Å². The van der Waals surface area contributed by atoms with Crippen molar-refractivity contribution in [2.75, 3.05) is 13.7 Å². The van der Waals surface area contributed by atoms with E-state index in [1.807, 2.05) is 12.1 Å². The highest BCUT2D eigenvalue weighted by atomic mass is 16.6. The van der Waals surface area contributed by atoms with E-state index in [9.17, 15) is 4.79 Å². The summed E-state index contributed by atoms with van der Waals surface area (Å²) in [5.74, 6) is 0.461. The number of carbonyl (C=O) groups excluding carboxylic acids is 1. The van der Waals surface area contributed by atoms with Crippen LogP contribution in [0.25, 0.3) is 0 Å². The van der Waals surface area contributed by atoms with E-state index in [0.29, 0.717) is 6.04 Å². The molecule has 0 aliphatic heterocycles. The summed E-state index contributed by atoms with van der Waals surface area (Å²) in [6, 6.07) is 6.47. The highest BCUT2D eigenvalue weighted by Gasteiger charge is 2.26. The van der Waals surface area contributed by atoms with Gasteiger partial charge in [0.1, 0.15) is 5.75 Å². The molecule has 4 heteroatoms. The van der Waals surface area contributed by atoms with Gasteiger partial charge in [-0.1, -0.05) is 19.1 Å². The fourth-order valence-corrected chi connectivity index (χ4v) is 2.67. The van der Waals surface area contributed by atoms with Gasteiger partial charge in [0.15, 0.2) is 6.10 Å². The van der Waals surface area contributed by atoms with Crippen LogP contribution in [0.3, 0.4) is 0 Å². The van der Waals surface area contributed by atoms with Crippen molar-refractivity contribution in [1.82, 2.24) is 5.32 Å². The molecule has 0 aromatic heterocycles. The largest absolute Gasteiger partial charge is 0.479 e. The highest BCUT2D eigenvalue weighted by molar-refractivity contribution is 5.74. The third-order valence-electron chi connectivity index (χ3n) is 3.71. The average Bonchev–Trinajstić information content (AvgIpc) is 2.88. The van der Waals surface area contributed by atoms with Crippen molar-refractivity contribution >= 4 is 5.97 Å². The van der Waals surface area contributed by atoms with E-state index in [1.54, 1.807) is 6.92 Å². The fraction of sp³-hybridized carbons (Fsp3) is 0.562. The Morgan fingerprint density at radius 1 is 1.50 bits per heavy atom. The van der Waals surface area contributed by atoms with Crippen molar-refractivity contribution in [2.45, 2.75) is 45.3 Å². The molecule has 0 radical (unpaired) electrons. The van der Waals surface area contributed by atoms with Crippen molar-refractivity contribution in [3.05, 3.63) is 29.3 Å². The van der Waals surface area contributed by atoms with Gasteiger partial charge >= 0.3 is 5.97 Å². The molecule has 0 heterocycles. The van der Waals surface area contributed by atoms with E-state index in [-0.39, 0.29) is 5.97 Å². The van der Waals surface area contributed by atoms with Gasteiger partial charge in [0, 0.05) is 6.04 Å². The zero-order valence-corrected chi connectivity index (χ0v) is 12.4. The van der Waals surface area contributed by atoms with Crippen LogP contribution >= 0.6 is 0 Å². The van der Waals surface area contributed by atoms with Crippen LogP contribution < -0.4 is 10.1 Å². The molecule has 1 aliphatic rings. The van der Waals surface area contributed by atoms with E-state index in [2.05, 4.69) is 18.3 Å². The maximum atomic E-state index is 11.5. The zero-order valence-electron chi connectivity index (χ0n) is 12.4. The second-order valence-corrected chi connectivity index (χ2v) is 5.15. The van der Waals surface area contributed by atoms with Crippen LogP contribution in [0.2, 0.25) is 0 Å². The minimum Gasteiger partial charge on any atom is -0.479 e. The van der Waals surface area contributed by atoms with Crippen LogP contribution in [0.4, 0.5) is 0 Å². The molecule has 2 atom stereocenters. The molecule has 1 aromatic carbocycles. The van der Waals surface area contributed by atoms with Gasteiger partial charge in [-0.25, -0.2) is 4.79 Å². The third kappa shape index (κ3) is 3.12. The Bertz CT molecular complexity index is 473. The molecule has 20 heavy (non-hydrogen) atoms. The Morgan fingerprint density at radius 3 is 3.00 bits per heavy atom. The molecule has 0 saturated carbocycles. The van der Waals surface area contributed by atoms with Crippen molar-refractivity contribution in [1.29, 1.82) is 0 Å². The number of benzene rings is 1. The maximum absolute atomic E-state index is 11.5. The molecule has 0 bridgehead atoms. The van der Waals surface area contributed by atoms with Gasteiger partial charge in [0.25, 0.3) is 0 Å². The molecule has 0 amide bonds. The topological polar surface area (TPSA) is 47.6 Å². The first-order valence-electron chi connectivity index (χ1n) is 7.27. The lowest BCUT2D eigenvalue weighted by Crippen LogP contribution is -2.25. The number of carbonyl (C=O) groups is 1. The van der Waals surface area contributed by atoms with E-state index in [1.165, 1.54) is 18.2 Å². The molecule has 1 N–H and O–H groups in total. The van der Waals surface area contributed by atoms with Gasteiger partial charge in [0.05, 0.1) is 7.11 Å². The number of hydrogen-bond donors (Lipinski definition) is 1. The predicted molar refractivity (Wildman–Crippen MR) is 77.9 cm³/mol. The second-order valence-electron chi connectivity index (χ2n) is 5.15. The first-order valence-corrected chi connectivity index (χ1v) is 7.27. The van der Waals surface area contributed by atoms with Crippen LogP contribution in [0, 0.1) is 0 Å². The Labute approximate surface area is 120 Å². The Balaban J connectivity index is 2.13. The Morgan fingerprint density at radius 2 is 2.30 bits per heavy atom. The number of methoxy groups -OCH3 is 1. The Hall–Kier alpha value is -1.55. The number of esters is 1. The lowest BCUT2D eigenvalue weighted by molar-refractivity contribution is -0.147. The number of rotatable bonds is 6. The van der Waals surface area contributed by atoms with E-state index >= 15 is 0 Å². The average molecular weight is 277 g/mol. The summed E-state index contributed by atoms with van der Waals surface area (Å²) in [7, 11) is 1.38. The molecule has 2 unspecified atom stereocenters. The fourth-order valence-electron chi connectivity index (χ4n) is 2.67. The highest BCUT2D eigenvalue weighted by Crippen LogP contribution is 2.37. The quantitative estimate of drug-likeness (QED) is 0.812. The summed E-state index contributed by atoms with van der Waals surface area (Å²) in [6.07, 6.45) is 2.62. The van der Waals surface area contributed by atoms with Gasteiger partial charge in [-0.05, 0) is 49.9 Å². The number of ether oxygens (including phenoxy) is 2. The molecule has 0 spiro atoms. The third-order valence-corrected chi connectivity index (χ3v) is 3.71. The van der Waals surface area contributed by atoms with Crippen molar-refractivity contribution in [2.24, 2.45) is 0 Å². The first-order chi connectivity index (χ1) is 9.67. The van der Waals surface area contributed by atoms with Crippen LogP contribution in [-0.4, -0.2) is 25.7 Å². The van der Waals surface area contributed by atoms with E-state index in [4.69, 9.17) is 9.47 Å². The molecule has 0 saturated heterocycles. The van der Waals surface area contributed by atoms with Gasteiger partial charge in [0.2, 0.25) is 0 Å². The van der Waals surface area contributed by atoms with Gasteiger partial charge < -0.3 is 14.8 Å². The summed E-state index contributed by atoms with van der Waals surface area (Å²) in [6.45, 7) is 4.90. The predicted octanol–water partition coefficient (Wildman–Crippen LogP) is 2.61. The van der Waals surface area contributed by atoms with Crippen LogP contribution in [0.5, 0.6) is 5.75 Å². The molecular formula is C16H23NO3. The lowest BCUT2D eigenvalue weighted by atomic mass is 10.1. The normalized spacial score (nSPS) is 18.4. The summed E-state index contributed by atoms with van der Waals surface area (Å²) >= 11 is 0. The zero-order chi connectivity index (χ0) is 14.5. The van der Waals surface area contributed by atoms with E-state index < -0.39 is 6.10 Å². The Kier molecular flexibility index (Phi) is 5.01. The number of nitrogens with one attached hydrogen (secondary N) is 1. The summed E-state index contributed by atoms with van der Waals surface area (Å²) < 4.78 is 10.5. The second kappa shape index (κ2) is 6.75. The molecule has 110 valence electrons. The van der Waals surface area contributed by atoms with Crippen molar-refractivity contribution < 1.29 is 14.3 Å². The molecule has 1 aliphatic carbocycles. The van der Waals surface area contributed by atoms with Crippen LogP contribution in [0.1, 0.15) is 43.9 Å². The van der Waals surface area contributed by atoms with E-state index in [0.717, 1.165) is 31.6 Å². The molecule has 1 aromatic rings. The molecule has 2 rings (SSSR count). The number of hydrogen-bond acceptors (Lipinski definition) is 4. The maximum Gasteiger partial charge on any atom is 0.346 e. The van der Waals surface area contributed by atoms with Gasteiger partial charge in [-0.2, -0.15) is 0 Å². The summed E-state index contributed by atoms with van der Waals surface area (Å²) in [5.41, 5.74) is 2.52. The monoisotopic (exact) mass is 277 g/mol. The molecule has 4 nitrogen and oxygen atoms in total. The van der Waals surface area contributed by atoms with Crippen LogP contribution in [-0.2, 0) is 16.0 Å². The van der Waals surface area contributed by atoms with Gasteiger partial charge in [-0.3, -0.25) is 0 Å². The SMILES string of the molecule is CCCNC1CCc2c(OC(C)C(=O)OC)cccc21. The van der Waals surface area contributed by atoms with Crippen molar-refractivity contribution in [3.63, 3.8) is 0 Å². The molecular weight excluding hydrogens is 254 g/mol. The summed E-state index contributed by atoms with van der Waals surface area (Å²) in [4.78, 5) is 11.5. The number of fused-ring (bicyclic) bond motifs is 1. The van der Waals surface area contributed by atoms with Crippen LogP contribution in [0.15, 0.2) is 18.2 Å². The van der Waals surface area contributed by atoms with Crippen molar-refractivity contribution in [3.8, 4) is 5.75 Å². The summed E-state index contributed by atoms with van der Waals surface area (Å²) in [5, 5.41) is 3.55. The molecule has 0 fully saturated rings. The minimum atomic E-state index is -0.575. The smallest absolute Gasteiger partial charge is 0.346 e. The minimum absolute atomic E-state index is 0.346.